The van der Waals surface area contributed by atoms with Crippen molar-refractivity contribution in [1.29, 1.82) is 0 Å². The van der Waals surface area contributed by atoms with Gasteiger partial charge in [-0.3, -0.25) is 0 Å². The minimum absolute atomic E-state index is 0.168. The van der Waals surface area contributed by atoms with Gasteiger partial charge in [0.1, 0.15) is 0 Å². The van der Waals surface area contributed by atoms with Gasteiger partial charge in [0.05, 0.1) is 11.7 Å². The van der Waals surface area contributed by atoms with E-state index in [0.717, 1.165) is 12.0 Å². The van der Waals surface area contributed by atoms with Crippen LogP contribution in [0.2, 0.25) is 0 Å². The van der Waals surface area contributed by atoms with E-state index in [2.05, 4.69) is 31.2 Å². The zero-order chi connectivity index (χ0) is 12.2. The maximum absolute atomic E-state index is 10.2. The first-order valence-electron chi connectivity index (χ1n) is 5.82. The van der Waals surface area contributed by atoms with E-state index in [-0.39, 0.29) is 6.10 Å². The number of aliphatic hydroxyl groups is 1. The average Bonchev–Trinajstić information content (AvgIpc) is 2.28. The van der Waals surface area contributed by atoms with Gasteiger partial charge in [-0.2, -0.15) is 0 Å². The molecule has 0 amide bonds. The van der Waals surface area contributed by atoms with Crippen molar-refractivity contribution in [3.05, 3.63) is 35.4 Å². The molecule has 90 valence electrons. The summed E-state index contributed by atoms with van der Waals surface area (Å²) >= 11 is 0. The second kappa shape index (κ2) is 5.46. The lowest BCUT2D eigenvalue weighted by Crippen LogP contribution is -2.40. The molecule has 2 nitrogen and oxygen atoms in total. The second-order valence-electron chi connectivity index (χ2n) is 4.58. The molecule has 0 spiro atoms. The second-order valence-corrected chi connectivity index (χ2v) is 4.58. The highest BCUT2D eigenvalue weighted by atomic mass is 16.5. The predicted octanol–water partition coefficient (Wildman–Crippen LogP) is 2.58. The zero-order valence-corrected chi connectivity index (χ0v) is 10.7. The third-order valence-corrected chi connectivity index (χ3v) is 3.22. The van der Waals surface area contributed by atoms with Crippen LogP contribution >= 0.6 is 0 Å². The molecule has 0 aliphatic rings. The Morgan fingerprint density at radius 1 is 1.25 bits per heavy atom. The van der Waals surface area contributed by atoms with Crippen LogP contribution in [0.15, 0.2) is 24.3 Å². The first-order chi connectivity index (χ1) is 7.49. The van der Waals surface area contributed by atoms with E-state index in [4.69, 9.17) is 4.74 Å². The molecule has 0 heterocycles. The van der Waals surface area contributed by atoms with Crippen molar-refractivity contribution in [2.45, 2.75) is 45.3 Å². The molecule has 0 fully saturated rings. The molecule has 0 radical (unpaired) electrons. The standard InChI is InChI=1S/C14H22O2/c1-5-12-6-8-13(9-7-12)10-14(3,15)11(2)16-4/h6-9,11,15H,5,10H2,1-4H3. The number of benzene rings is 1. The molecule has 1 aromatic carbocycles. The van der Waals surface area contributed by atoms with Gasteiger partial charge < -0.3 is 9.84 Å². The largest absolute Gasteiger partial charge is 0.387 e. The van der Waals surface area contributed by atoms with Gasteiger partial charge in [0, 0.05) is 13.5 Å². The number of hydrogen-bond acceptors (Lipinski definition) is 2. The predicted molar refractivity (Wildman–Crippen MR) is 66.6 cm³/mol. The van der Waals surface area contributed by atoms with Gasteiger partial charge in [0.2, 0.25) is 0 Å². The topological polar surface area (TPSA) is 29.5 Å². The summed E-state index contributed by atoms with van der Waals surface area (Å²) < 4.78 is 5.18. The molecule has 0 bridgehead atoms. The summed E-state index contributed by atoms with van der Waals surface area (Å²) in [6.45, 7) is 5.84. The summed E-state index contributed by atoms with van der Waals surface area (Å²) in [6, 6.07) is 8.39. The fourth-order valence-electron chi connectivity index (χ4n) is 1.70. The van der Waals surface area contributed by atoms with Gasteiger partial charge in [-0.25, -0.2) is 0 Å². The Hall–Kier alpha value is -0.860. The SMILES string of the molecule is CCc1ccc(CC(C)(O)C(C)OC)cc1. The lowest BCUT2D eigenvalue weighted by molar-refractivity contribution is -0.0715. The van der Waals surface area contributed by atoms with Crippen molar-refractivity contribution in [1.82, 2.24) is 0 Å². The van der Waals surface area contributed by atoms with E-state index in [9.17, 15) is 5.11 Å². The quantitative estimate of drug-likeness (QED) is 0.829. The van der Waals surface area contributed by atoms with Crippen LogP contribution in [0.25, 0.3) is 0 Å². The van der Waals surface area contributed by atoms with Crippen molar-refractivity contribution in [2.24, 2.45) is 0 Å². The summed E-state index contributed by atoms with van der Waals surface area (Å²) in [5.74, 6) is 0. The Morgan fingerprint density at radius 2 is 1.75 bits per heavy atom. The minimum Gasteiger partial charge on any atom is -0.387 e. The molecule has 1 aromatic rings. The lowest BCUT2D eigenvalue weighted by atomic mass is 9.91. The van der Waals surface area contributed by atoms with E-state index >= 15 is 0 Å². The van der Waals surface area contributed by atoms with E-state index in [0.29, 0.717) is 6.42 Å². The van der Waals surface area contributed by atoms with Crippen molar-refractivity contribution in [2.75, 3.05) is 7.11 Å². The number of aryl methyl sites for hydroxylation is 1. The molecule has 1 N–H and O–H groups in total. The fourth-order valence-corrected chi connectivity index (χ4v) is 1.70. The zero-order valence-electron chi connectivity index (χ0n) is 10.7. The molecule has 0 aliphatic carbocycles. The summed E-state index contributed by atoms with van der Waals surface area (Å²) in [5.41, 5.74) is 1.65. The first-order valence-corrected chi connectivity index (χ1v) is 5.82. The molecule has 16 heavy (non-hydrogen) atoms. The highest BCUT2D eigenvalue weighted by Gasteiger charge is 2.28. The third-order valence-electron chi connectivity index (χ3n) is 3.22. The molecule has 1 rings (SSSR count). The van der Waals surface area contributed by atoms with Crippen LogP contribution in [0, 0.1) is 0 Å². The van der Waals surface area contributed by atoms with Crippen molar-refractivity contribution < 1.29 is 9.84 Å². The van der Waals surface area contributed by atoms with E-state index in [1.807, 2.05) is 13.8 Å². The number of hydrogen-bond donors (Lipinski definition) is 1. The van der Waals surface area contributed by atoms with E-state index in [1.165, 1.54) is 5.56 Å². The minimum atomic E-state index is -0.817. The molecule has 2 unspecified atom stereocenters. The van der Waals surface area contributed by atoms with Gasteiger partial charge in [-0.1, -0.05) is 31.2 Å². The first kappa shape index (κ1) is 13.2. The molecule has 2 heteroatoms. The van der Waals surface area contributed by atoms with Crippen molar-refractivity contribution >= 4 is 0 Å². The Balaban J connectivity index is 2.72. The molecular weight excluding hydrogens is 200 g/mol. The molecule has 2 atom stereocenters. The van der Waals surface area contributed by atoms with Gasteiger partial charge in [0.15, 0.2) is 0 Å². The monoisotopic (exact) mass is 222 g/mol. The van der Waals surface area contributed by atoms with Gasteiger partial charge in [0.25, 0.3) is 0 Å². The lowest BCUT2D eigenvalue weighted by Gasteiger charge is -2.29. The highest BCUT2D eigenvalue weighted by molar-refractivity contribution is 5.23. The van der Waals surface area contributed by atoms with Gasteiger partial charge in [-0.15, -0.1) is 0 Å². The molecule has 0 saturated heterocycles. The third kappa shape index (κ3) is 3.32. The summed E-state index contributed by atoms with van der Waals surface area (Å²) in [7, 11) is 1.62. The number of rotatable bonds is 5. The van der Waals surface area contributed by atoms with E-state index < -0.39 is 5.60 Å². The smallest absolute Gasteiger partial charge is 0.0917 e. The van der Waals surface area contributed by atoms with Crippen LogP contribution in [-0.4, -0.2) is 23.9 Å². The fraction of sp³-hybridized carbons (Fsp3) is 0.571. The number of methoxy groups -OCH3 is 1. The van der Waals surface area contributed by atoms with Crippen LogP contribution in [-0.2, 0) is 17.6 Å². The maximum Gasteiger partial charge on any atom is 0.0917 e. The average molecular weight is 222 g/mol. The Morgan fingerprint density at radius 3 is 2.19 bits per heavy atom. The molecule has 0 aromatic heterocycles. The summed E-state index contributed by atoms with van der Waals surface area (Å²) in [4.78, 5) is 0. The normalized spacial score (nSPS) is 16.8. The van der Waals surface area contributed by atoms with Crippen LogP contribution in [0.4, 0.5) is 0 Å². The van der Waals surface area contributed by atoms with Crippen molar-refractivity contribution in [3.63, 3.8) is 0 Å². The Kier molecular flexibility index (Phi) is 4.51. The highest BCUT2D eigenvalue weighted by Crippen LogP contribution is 2.19. The summed E-state index contributed by atoms with van der Waals surface area (Å²) in [5, 5.41) is 10.2. The van der Waals surface area contributed by atoms with Gasteiger partial charge in [-0.05, 0) is 31.4 Å². The summed E-state index contributed by atoms with van der Waals surface area (Å²) in [6.07, 6.45) is 1.50. The van der Waals surface area contributed by atoms with Crippen LogP contribution in [0.3, 0.4) is 0 Å². The molecule has 0 aliphatic heterocycles. The number of ether oxygens (including phenoxy) is 1. The Labute approximate surface area is 98.3 Å². The van der Waals surface area contributed by atoms with Crippen LogP contribution in [0.1, 0.15) is 31.9 Å². The van der Waals surface area contributed by atoms with E-state index in [1.54, 1.807) is 7.11 Å². The Bertz CT molecular complexity index is 314. The van der Waals surface area contributed by atoms with Crippen LogP contribution < -0.4 is 0 Å². The molecular formula is C14H22O2. The van der Waals surface area contributed by atoms with Crippen molar-refractivity contribution in [3.8, 4) is 0 Å². The van der Waals surface area contributed by atoms with Crippen LogP contribution in [0.5, 0.6) is 0 Å². The maximum atomic E-state index is 10.2. The van der Waals surface area contributed by atoms with Gasteiger partial charge >= 0.3 is 0 Å². The molecule has 0 saturated carbocycles.